The Kier molecular flexibility index (Phi) is 3.51. The van der Waals surface area contributed by atoms with E-state index < -0.39 is 0 Å². The van der Waals surface area contributed by atoms with E-state index in [4.69, 9.17) is 16.7 Å². The van der Waals surface area contributed by atoms with E-state index in [1.165, 1.54) is 0 Å². The van der Waals surface area contributed by atoms with Gasteiger partial charge in [0, 0.05) is 12.7 Å². The fraction of sp³-hybridized carbons (Fsp3) is 0.444. The van der Waals surface area contributed by atoms with Gasteiger partial charge < -0.3 is 10.4 Å². The van der Waals surface area contributed by atoms with Crippen molar-refractivity contribution in [3.63, 3.8) is 0 Å². The van der Waals surface area contributed by atoms with Gasteiger partial charge in [-0.2, -0.15) is 0 Å². The number of aryl methyl sites for hydroxylation is 1. The molecule has 2 N–H and O–H groups in total. The first-order chi connectivity index (χ1) is 6.11. The first kappa shape index (κ1) is 10.3. The molecule has 13 heavy (non-hydrogen) atoms. The molecule has 1 rings (SSSR count). The molecule has 1 aromatic heterocycles. The molecule has 0 aliphatic heterocycles. The van der Waals surface area contributed by atoms with Crippen LogP contribution in [0.5, 0.6) is 0 Å². The molecular formula is C9H13ClN2O. The summed E-state index contributed by atoms with van der Waals surface area (Å²) in [6, 6.07) is 1.79. The fourth-order valence-corrected chi connectivity index (χ4v) is 1.12. The Bertz CT molecular complexity index is 289. The third-order valence-electron chi connectivity index (χ3n) is 1.65. The molecule has 1 heterocycles. The Morgan fingerprint density at radius 1 is 1.69 bits per heavy atom. The summed E-state index contributed by atoms with van der Waals surface area (Å²) in [6.07, 6.45) is 1.30. The van der Waals surface area contributed by atoms with Gasteiger partial charge in [-0.3, -0.25) is 4.98 Å². The largest absolute Gasteiger partial charge is 0.392 e. The third kappa shape index (κ3) is 2.86. The summed E-state index contributed by atoms with van der Waals surface area (Å²) in [5.41, 5.74) is 1.60. The summed E-state index contributed by atoms with van der Waals surface area (Å²) in [5, 5.41) is 12.7. The molecule has 0 saturated heterocycles. The van der Waals surface area contributed by atoms with Crippen molar-refractivity contribution in [2.24, 2.45) is 0 Å². The standard InChI is InChI=1S/C9H13ClN2O/c1-6(13)5-12-8-3-4-11-7(2)9(8)10/h3-4,6,13H,5H2,1-2H3,(H,11,12)/t6-/m0/s1. The summed E-state index contributed by atoms with van der Waals surface area (Å²) in [4.78, 5) is 4.03. The Morgan fingerprint density at radius 2 is 2.38 bits per heavy atom. The number of aliphatic hydroxyl groups is 1. The van der Waals surface area contributed by atoms with Crippen molar-refractivity contribution in [1.29, 1.82) is 0 Å². The van der Waals surface area contributed by atoms with Gasteiger partial charge in [0.2, 0.25) is 0 Å². The molecule has 0 fully saturated rings. The van der Waals surface area contributed by atoms with Crippen LogP contribution in [0.2, 0.25) is 5.02 Å². The molecule has 0 saturated carbocycles. The fourth-order valence-electron chi connectivity index (χ4n) is 0.943. The Balaban J connectivity index is 2.71. The Labute approximate surface area is 82.8 Å². The highest BCUT2D eigenvalue weighted by molar-refractivity contribution is 6.33. The lowest BCUT2D eigenvalue weighted by Crippen LogP contribution is -2.15. The highest BCUT2D eigenvalue weighted by Crippen LogP contribution is 2.22. The molecule has 0 amide bonds. The molecule has 1 aromatic rings. The molecule has 0 radical (unpaired) electrons. The van der Waals surface area contributed by atoms with E-state index in [0.29, 0.717) is 11.6 Å². The summed E-state index contributed by atoms with van der Waals surface area (Å²) in [6.45, 7) is 4.05. The zero-order valence-corrected chi connectivity index (χ0v) is 8.47. The molecule has 3 nitrogen and oxygen atoms in total. The minimum absolute atomic E-state index is 0.385. The van der Waals surface area contributed by atoms with Crippen LogP contribution in [0, 0.1) is 6.92 Å². The first-order valence-corrected chi connectivity index (χ1v) is 4.52. The second-order valence-corrected chi connectivity index (χ2v) is 3.37. The zero-order chi connectivity index (χ0) is 9.84. The lowest BCUT2D eigenvalue weighted by atomic mass is 10.3. The number of anilines is 1. The number of nitrogens with zero attached hydrogens (tertiary/aromatic N) is 1. The molecule has 0 aliphatic carbocycles. The van der Waals surface area contributed by atoms with Crippen molar-refractivity contribution in [2.45, 2.75) is 20.0 Å². The van der Waals surface area contributed by atoms with Crippen LogP contribution in [0.1, 0.15) is 12.6 Å². The van der Waals surface area contributed by atoms with Crippen LogP contribution < -0.4 is 5.32 Å². The minimum Gasteiger partial charge on any atom is -0.392 e. The van der Waals surface area contributed by atoms with E-state index in [2.05, 4.69) is 10.3 Å². The number of rotatable bonds is 3. The molecule has 0 aliphatic rings. The van der Waals surface area contributed by atoms with E-state index >= 15 is 0 Å². The van der Waals surface area contributed by atoms with Crippen LogP contribution in [0.25, 0.3) is 0 Å². The summed E-state index contributed by atoms with van der Waals surface area (Å²) >= 11 is 5.97. The normalized spacial score (nSPS) is 12.6. The summed E-state index contributed by atoms with van der Waals surface area (Å²) < 4.78 is 0. The van der Waals surface area contributed by atoms with Gasteiger partial charge in [-0.25, -0.2) is 0 Å². The van der Waals surface area contributed by atoms with E-state index in [-0.39, 0.29) is 6.10 Å². The third-order valence-corrected chi connectivity index (χ3v) is 2.13. The molecule has 72 valence electrons. The van der Waals surface area contributed by atoms with Crippen molar-refractivity contribution in [2.75, 3.05) is 11.9 Å². The van der Waals surface area contributed by atoms with Gasteiger partial charge in [-0.05, 0) is 19.9 Å². The number of hydrogen-bond donors (Lipinski definition) is 2. The maximum Gasteiger partial charge on any atom is 0.0849 e. The molecular weight excluding hydrogens is 188 g/mol. The Hall–Kier alpha value is -0.800. The maximum atomic E-state index is 9.05. The van der Waals surface area contributed by atoms with E-state index in [1.807, 2.05) is 6.92 Å². The van der Waals surface area contributed by atoms with Gasteiger partial charge in [0.1, 0.15) is 0 Å². The topological polar surface area (TPSA) is 45.2 Å². The van der Waals surface area contributed by atoms with Gasteiger partial charge >= 0.3 is 0 Å². The van der Waals surface area contributed by atoms with Crippen LogP contribution in [0.3, 0.4) is 0 Å². The molecule has 0 aromatic carbocycles. The number of hydrogen-bond acceptors (Lipinski definition) is 3. The van der Waals surface area contributed by atoms with Gasteiger partial charge in [0.15, 0.2) is 0 Å². The van der Waals surface area contributed by atoms with E-state index in [1.54, 1.807) is 19.2 Å². The maximum absolute atomic E-state index is 9.05. The van der Waals surface area contributed by atoms with Crippen molar-refractivity contribution in [3.05, 3.63) is 23.0 Å². The number of aliphatic hydroxyl groups excluding tert-OH is 1. The molecule has 1 atom stereocenters. The van der Waals surface area contributed by atoms with Gasteiger partial charge in [0.25, 0.3) is 0 Å². The monoisotopic (exact) mass is 200 g/mol. The number of aromatic nitrogens is 1. The second-order valence-electron chi connectivity index (χ2n) is 2.99. The predicted molar refractivity (Wildman–Crippen MR) is 54.2 cm³/mol. The lowest BCUT2D eigenvalue weighted by molar-refractivity contribution is 0.208. The smallest absolute Gasteiger partial charge is 0.0849 e. The highest BCUT2D eigenvalue weighted by Gasteiger charge is 2.03. The van der Waals surface area contributed by atoms with E-state index in [9.17, 15) is 0 Å². The van der Waals surface area contributed by atoms with Crippen LogP contribution >= 0.6 is 11.6 Å². The summed E-state index contributed by atoms with van der Waals surface area (Å²) in [5.74, 6) is 0. The zero-order valence-electron chi connectivity index (χ0n) is 7.71. The first-order valence-electron chi connectivity index (χ1n) is 4.14. The van der Waals surface area contributed by atoms with E-state index in [0.717, 1.165) is 11.4 Å². The SMILES string of the molecule is Cc1nccc(NC[C@H](C)O)c1Cl. The summed E-state index contributed by atoms with van der Waals surface area (Å²) in [7, 11) is 0. The second kappa shape index (κ2) is 4.44. The highest BCUT2D eigenvalue weighted by atomic mass is 35.5. The van der Waals surface area contributed by atoms with Crippen molar-refractivity contribution >= 4 is 17.3 Å². The molecule has 0 bridgehead atoms. The predicted octanol–water partition coefficient (Wildman–Crippen LogP) is 1.84. The lowest BCUT2D eigenvalue weighted by Gasteiger charge is -2.10. The molecule has 0 spiro atoms. The number of nitrogens with one attached hydrogen (secondary N) is 1. The Morgan fingerprint density at radius 3 is 3.00 bits per heavy atom. The number of halogens is 1. The van der Waals surface area contributed by atoms with Gasteiger partial charge in [-0.1, -0.05) is 11.6 Å². The molecule has 0 unspecified atom stereocenters. The average Bonchev–Trinajstić information content (AvgIpc) is 2.07. The minimum atomic E-state index is -0.385. The van der Waals surface area contributed by atoms with Crippen LogP contribution in [-0.2, 0) is 0 Å². The van der Waals surface area contributed by atoms with Crippen molar-refractivity contribution < 1.29 is 5.11 Å². The average molecular weight is 201 g/mol. The van der Waals surface area contributed by atoms with Crippen molar-refractivity contribution in [3.8, 4) is 0 Å². The van der Waals surface area contributed by atoms with Crippen LogP contribution in [0.15, 0.2) is 12.3 Å². The molecule has 4 heteroatoms. The van der Waals surface area contributed by atoms with Crippen LogP contribution in [-0.4, -0.2) is 22.7 Å². The van der Waals surface area contributed by atoms with Crippen molar-refractivity contribution in [1.82, 2.24) is 4.98 Å². The van der Waals surface area contributed by atoms with Crippen LogP contribution in [0.4, 0.5) is 5.69 Å². The number of pyridine rings is 1. The van der Waals surface area contributed by atoms with Gasteiger partial charge in [-0.15, -0.1) is 0 Å². The quantitative estimate of drug-likeness (QED) is 0.783. The van der Waals surface area contributed by atoms with Gasteiger partial charge in [0.05, 0.1) is 22.5 Å².